The van der Waals surface area contributed by atoms with Crippen molar-refractivity contribution in [2.24, 2.45) is 0 Å². The Morgan fingerprint density at radius 3 is 1.87 bits per heavy atom. The second kappa shape index (κ2) is 17.5. The van der Waals surface area contributed by atoms with Gasteiger partial charge in [0.05, 0.1) is 16.6 Å². The van der Waals surface area contributed by atoms with E-state index in [1.165, 1.54) is 83.0 Å². The molecule has 45 heavy (non-hydrogen) atoms. The van der Waals surface area contributed by atoms with Crippen LogP contribution in [0.4, 0.5) is 0 Å². The maximum Gasteiger partial charge on any atom is 0.311 e. The third-order valence-corrected chi connectivity index (χ3v) is 9.03. The number of esters is 1. The van der Waals surface area contributed by atoms with E-state index in [1.54, 1.807) is 18.2 Å². The van der Waals surface area contributed by atoms with Gasteiger partial charge in [-0.15, -0.1) is 0 Å². The van der Waals surface area contributed by atoms with Gasteiger partial charge in [-0.25, -0.2) is 9.97 Å². The number of aromatic nitrogens is 2. The normalized spacial score (nSPS) is 12.7. The first kappa shape index (κ1) is 34.6. The summed E-state index contributed by atoms with van der Waals surface area (Å²) < 4.78 is 5.71. The number of carbonyl (C=O) groups is 3. The third-order valence-electron chi connectivity index (χ3n) is 8.29. The fraction of sp³-hybridized carbons (Fsp3) is 0.514. The summed E-state index contributed by atoms with van der Waals surface area (Å²) >= 11 is 12.1. The quantitative estimate of drug-likeness (QED) is 0.0592. The van der Waals surface area contributed by atoms with Crippen LogP contribution in [0.2, 0.25) is 10.0 Å². The molecule has 8 nitrogen and oxygen atoms in total. The van der Waals surface area contributed by atoms with Gasteiger partial charge >= 0.3 is 5.97 Å². The number of phenolic OH excluding ortho intramolecular Hbond substituents is 1. The second-order valence-electron chi connectivity index (χ2n) is 11.8. The van der Waals surface area contributed by atoms with Crippen LogP contribution in [0.15, 0.2) is 30.6 Å². The second-order valence-corrected chi connectivity index (χ2v) is 12.6. The molecule has 2 amide bonds. The number of rotatable bonds is 19. The van der Waals surface area contributed by atoms with Crippen LogP contribution in [-0.2, 0) is 11.3 Å². The van der Waals surface area contributed by atoms with E-state index in [9.17, 15) is 19.5 Å². The summed E-state index contributed by atoms with van der Waals surface area (Å²) in [4.78, 5) is 49.2. The molecule has 1 aromatic heterocycles. The van der Waals surface area contributed by atoms with E-state index in [0.29, 0.717) is 17.0 Å². The van der Waals surface area contributed by atoms with Crippen LogP contribution in [0.3, 0.4) is 0 Å². The van der Waals surface area contributed by atoms with Crippen LogP contribution in [0.25, 0.3) is 11.0 Å². The van der Waals surface area contributed by atoms with E-state index >= 15 is 0 Å². The smallest absolute Gasteiger partial charge is 0.311 e. The number of unbranched alkanes of at least 4 members (excludes halogenated alkanes) is 14. The van der Waals surface area contributed by atoms with Gasteiger partial charge in [0.15, 0.2) is 11.5 Å². The number of ether oxygens (including phenoxy) is 1. The lowest BCUT2D eigenvalue weighted by Gasteiger charge is -2.14. The minimum atomic E-state index is -0.731. The molecule has 0 fully saturated rings. The van der Waals surface area contributed by atoms with Gasteiger partial charge in [0.1, 0.15) is 22.2 Å². The Hall–Kier alpha value is -3.23. The molecular formula is C35H43Cl2N3O5. The number of amides is 2. The van der Waals surface area contributed by atoms with Crippen molar-refractivity contribution in [3.05, 3.63) is 57.3 Å². The maximum absolute atomic E-state index is 13.6. The van der Waals surface area contributed by atoms with Gasteiger partial charge in [0.2, 0.25) is 0 Å². The Balaban J connectivity index is 1.28. The molecule has 3 aromatic rings. The van der Waals surface area contributed by atoms with E-state index in [-0.39, 0.29) is 45.9 Å². The Labute approximate surface area is 275 Å². The number of fused-ring (bicyclic) bond motifs is 2. The SMILES string of the molecule is CCCCCCCCCCCCCCCCCC(=O)Oc1c2c(c(O)c3nccnc13)C(=O)N(Cc1ccc(Cl)c(Cl)c1)C2=O. The lowest BCUT2D eigenvalue weighted by atomic mass is 10.0. The monoisotopic (exact) mass is 655 g/mol. The molecule has 10 heteroatoms. The minimum Gasteiger partial charge on any atom is -0.505 e. The number of nitrogens with zero attached hydrogens (tertiary/aromatic N) is 3. The van der Waals surface area contributed by atoms with Gasteiger partial charge in [-0.1, -0.05) is 126 Å². The zero-order valence-corrected chi connectivity index (χ0v) is 27.6. The van der Waals surface area contributed by atoms with Crippen molar-refractivity contribution in [1.82, 2.24) is 14.9 Å². The fourth-order valence-corrected chi connectivity index (χ4v) is 6.11. The highest BCUT2D eigenvalue weighted by molar-refractivity contribution is 6.42. The van der Waals surface area contributed by atoms with Gasteiger partial charge in [-0.05, 0) is 24.1 Å². The van der Waals surface area contributed by atoms with Gasteiger partial charge in [-0.3, -0.25) is 19.3 Å². The van der Waals surface area contributed by atoms with Crippen molar-refractivity contribution >= 4 is 52.0 Å². The number of aromatic hydroxyl groups is 1. The van der Waals surface area contributed by atoms with Gasteiger partial charge < -0.3 is 9.84 Å². The molecule has 2 heterocycles. The molecule has 0 atom stereocenters. The third kappa shape index (κ3) is 9.17. The van der Waals surface area contributed by atoms with E-state index in [0.717, 1.165) is 24.2 Å². The highest BCUT2D eigenvalue weighted by atomic mass is 35.5. The molecule has 0 saturated carbocycles. The van der Waals surface area contributed by atoms with E-state index in [2.05, 4.69) is 16.9 Å². The summed E-state index contributed by atoms with van der Waals surface area (Å²) in [7, 11) is 0. The average Bonchev–Trinajstić information content (AvgIpc) is 3.28. The van der Waals surface area contributed by atoms with Crippen molar-refractivity contribution < 1.29 is 24.2 Å². The number of imide groups is 1. The summed E-state index contributed by atoms with van der Waals surface area (Å²) in [5.74, 6) is -2.62. The standard InChI is InChI=1S/C35H43Cl2N3O5/c1-2-3-4-5-6-7-8-9-10-11-12-13-14-15-16-17-27(41)45-33-29-28(32(42)30-31(33)39-21-20-38-30)34(43)40(35(29)44)23-24-18-19-25(36)26(37)22-24/h18-22,42H,2-17,23H2,1H3. The van der Waals surface area contributed by atoms with Crippen molar-refractivity contribution in [2.75, 3.05) is 0 Å². The number of benzene rings is 2. The summed E-state index contributed by atoms with van der Waals surface area (Å²) in [5.41, 5.74) is 0.115. The summed E-state index contributed by atoms with van der Waals surface area (Å²) in [6.07, 6.45) is 21.2. The predicted octanol–water partition coefficient (Wildman–Crippen LogP) is 9.61. The number of carbonyl (C=O) groups excluding carboxylic acids is 3. The van der Waals surface area contributed by atoms with Crippen LogP contribution in [0, 0.1) is 0 Å². The molecular weight excluding hydrogens is 613 g/mol. The summed E-state index contributed by atoms with van der Waals surface area (Å²) in [5, 5.41) is 11.6. The molecule has 2 aromatic carbocycles. The number of halogens is 2. The van der Waals surface area contributed by atoms with Crippen LogP contribution < -0.4 is 4.74 Å². The van der Waals surface area contributed by atoms with Crippen molar-refractivity contribution in [3.63, 3.8) is 0 Å². The van der Waals surface area contributed by atoms with Crippen LogP contribution >= 0.6 is 23.2 Å². The average molecular weight is 657 g/mol. The van der Waals surface area contributed by atoms with Crippen LogP contribution in [-0.4, -0.2) is 37.8 Å². The minimum absolute atomic E-state index is 0.0245. The zero-order chi connectivity index (χ0) is 32.2. The maximum atomic E-state index is 13.6. The predicted molar refractivity (Wildman–Crippen MR) is 177 cm³/mol. The lowest BCUT2D eigenvalue weighted by Crippen LogP contribution is -2.29. The molecule has 242 valence electrons. The van der Waals surface area contributed by atoms with E-state index in [1.807, 2.05) is 0 Å². The molecule has 0 bridgehead atoms. The highest BCUT2D eigenvalue weighted by Gasteiger charge is 2.43. The Morgan fingerprint density at radius 2 is 1.29 bits per heavy atom. The molecule has 1 N–H and O–H groups in total. The van der Waals surface area contributed by atoms with Gasteiger partial charge in [0, 0.05) is 18.8 Å². The van der Waals surface area contributed by atoms with Gasteiger partial charge in [0.25, 0.3) is 11.8 Å². The van der Waals surface area contributed by atoms with E-state index in [4.69, 9.17) is 27.9 Å². The first-order chi connectivity index (χ1) is 21.8. The number of hydrogen-bond acceptors (Lipinski definition) is 7. The van der Waals surface area contributed by atoms with Crippen LogP contribution in [0.5, 0.6) is 11.5 Å². The van der Waals surface area contributed by atoms with Crippen LogP contribution in [0.1, 0.15) is 136 Å². The largest absolute Gasteiger partial charge is 0.505 e. The molecule has 0 radical (unpaired) electrons. The van der Waals surface area contributed by atoms with E-state index < -0.39 is 23.5 Å². The molecule has 1 aliphatic rings. The molecule has 4 rings (SSSR count). The molecule has 0 saturated heterocycles. The highest BCUT2D eigenvalue weighted by Crippen LogP contribution is 2.43. The Kier molecular flexibility index (Phi) is 13.4. The number of phenols is 1. The zero-order valence-electron chi connectivity index (χ0n) is 26.1. The summed E-state index contributed by atoms with van der Waals surface area (Å²) in [6.45, 7) is 2.13. The van der Waals surface area contributed by atoms with Crippen molar-refractivity contribution in [2.45, 2.75) is 116 Å². The molecule has 0 unspecified atom stereocenters. The topological polar surface area (TPSA) is 110 Å². The van der Waals surface area contributed by atoms with Crippen molar-refractivity contribution in [1.29, 1.82) is 0 Å². The lowest BCUT2D eigenvalue weighted by molar-refractivity contribution is -0.134. The van der Waals surface area contributed by atoms with Crippen molar-refractivity contribution in [3.8, 4) is 11.5 Å². The first-order valence-electron chi connectivity index (χ1n) is 16.3. The molecule has 1 aliphatic heterocycles. The summed E-state index contributed by atoms with van der Waals surface area (Å²) in [6, 6.07) is 4.78. The molecule has 0 aliphatic carbocycles. The van der Waals surface area contributed by atoms with Gasteiger partial charge in [-0.2, -0.15) is 0 Å². The first-order valence-corrected chi connectivity index (χ1v) is 17.1. The molecule has 0 spiro atoms. The Morgan fingerprint density at radius 1 is 0.756 bits per heavy atom. The Bertz CT molecular complexity index is 1500. The number of hydrogen-bond donors (Lipinski definition) is 1. The fourth-order valence-electron chi connectivity index (χ4n) is 5.79.